The third-order valence-electron chi connectivity index (χ3n) is 4.58. The summed E-state index contributed by atoms with van der Waals surface area (Å²) in [6.07, 6.45) is 3.80. The van der Waals surface area contributed by atoms with Crippen molar-refractivity contribution in [3.8, 4) is 0 Å². The molecule has 1 heterocycles. The SMILES string of the molecule is CN(C)N(Cc1ccccc1)N1CCCCC1c1ccccc1.Cl. The minimum atomic E-state index is 0. The molecule has 2 aromatic rings. The molecule has 1 fully saturated rings. The van der Waals surface area contributed by atoms with Crippen molar-refractivity contribution in [2.24, 2.45) is 0 Å². The van der Waals surface area contributed by atoms with Gasteiger partial charge in [0.1, 0.15) is 0 Å². The zero-order chi connectivity index (χ0) is 16.1. The minimum Gasteiger partial charge on any atom is -0.234 e. The number of piperidine rings is 1. The number of hydrogen-bond acceptors (Lipinski definition) is 3. The molecule has 0 saturated carbocycles. The first-order valence-corrected chi connectivity index (χ1v) is 8.56. The largest absolute Gasteiger partial charge is 0.234 e. The zero-order valence-corrected chi connectivity index (χ0v) is 15.5. The molecule has 1 unspecified atom stereocenters. The van der Waals surface area contributed by atoms with Crippen LogP contribution in [0.5, 0.6) is 0 Å². The van der Waals surface area contributed by atoms with Gasteiger partial charge in [0.15, 0.2) is 0 Å². The Morgan fingerprint density at radius 2 is 1.54 bits per heavy atom. The Labute approximate surface area is 152 Å². The fourth-order valence-electron chi connectivity index (χ4n) is 3.42. The van der Waals surface area contributed by atoms with Gasteiger partial charge in [0.25, 0.3) is 0 Å². The maximum Gasteiger partial charge on any atom is 0.0543 e. The van der Waals surface area contributed by atoms with E-state index in [4.69, 9.17) is 0 Å². The van der Waals surface area contributed by atoms with Gasteiger partial charge in [-0.15, -0.1) is 12.4 Å². The Morgan fingerprint density at radius 3 is 2.17 bits per heavy atom. The Hall–Kier alpha value is -1.39. The maximum absolute atomic E-state index is 2.55. The maximum atomic E-state index is 2.55. The van der Waals surface area contributed by atoms with Crippen LogP contribution in [0.25, 0.3) is 0 Å². The van der Waals surface area contributed by atoms with Crippen molar-refractivity contribution in [1.82, 2.24) is 15.1 Å². The van der Waals surface area contributed by atoms with E-state index >= 15 is 0 Å². The normalized spacial score (nSPS) is 18.6. The number of rotatable bonds is 5. The average molecular weight is 346 g/mol. The van der Waals surface area contributed by atoms with Crippen molar-refractivity contribution in [3.63, 3.8) is 0 Å². The predicted molar refractivity (Wildman–Crippen MR) is 103 cm³/mol. The van der Waals surface area contributed by atoms with Crippen molar-refractivity contribution in [3.05, 3.63) is 71.8 Å². The number of benzene rings is 2. The molecular weight excluding hydrogens is 318 g/mol. The van der Waals surface area contributed by atoms with Gasteiger partial charge >= 0.3 is 0 Å². The summed E-state index contributed by atoms with van der Waals surface area (Å²) in [5.74, 6) is 0. The topological polar surface area (TPSA) is 9.72 Å². The molecule has 0 bridgehead atoms. The van der Waals surface area contributed by atoms with Crippen LogP contribution in [-0.2, 0) is 6.54 Å². The summed E-state index contributed by atoms with van der Waals surface area (Å²) in [4.78, 5) is 0. The molecule has 1 aliphatic heterocycles. The molecule has 0 N–H and O–H groups in total. The highest BCUT2D eigenvalue weighted by molar-refractivity contribution is 5.85. The molecule has 0 aliphatic carbocycles. The smallest absolute Gasteiger partial charge is 0.0543 e. The number of nitrogens with zero attached hydrogens (tertiary/aromatic N) is 3. The zero-order valence-electron chi connectivity index (χ0n) is 14.6. The third kappa shape index (κ3) is 4.58. The fraction of sp³-hybridized carbons (Fsp3) is 0.400. The standard InChI is InChI=1S/C20H27N3.ClH/c1-21(2)23(17-18-11-5-3-6-12-18)22-16-10-9-15-20(22)19-13-7-4-8-14-19;/h3-8,11-14,20H,9-10,15-17H2,1-2H3;1H. The second-order valence-corrected chi connectivity index (χ2v) is 6.45. The van der Waals surface area contributed by atoms with Crippen LogP contribution < -0.4 is 0 Å². The lowest BCUT2D eigenvalue weighted by Gasteiger charge is -2.46. The fourth-order valence-corrected chi connectivity index (χ4v) is 3.42. The van der Waals surface area contributed by atoms with E-state index in [2.05, 4.69) is 89.9 Å². The van der Waals surface area contributed by atoms with Crippen molar-refractivity contribution in [2.75, 3.05) is 20.6 Å². The molecule has 3 rings (SSSR count). The molecule has 2 aromatic carbocycles. The third-order valence-corrected chi connectivity index (χ3v) is 4.58. The van der Waals surface area contributed by atoms with Gasteiger partial charge < -0.3 is 0 Å². The second kappa shape index (κ2) is 9.19. The van der Waals surface area contributed by atoms with Crippen molar-refractivity contribution >= 4 is 12.4 Å². The lowest BCUT2D eigenvalue weighted by molar-refractivity contribution is -0.200. The van der Waals surface area contributed by atoms with E-state index in [-0.39, 0.29) is 12.4 Å². The highest BCUT2D eigenvalue weighted by Crippen LogP contribution is 2.32. The highest BCUT2D eigenvalue weighted by Gasteiger charge is 2.29. The molecule has 130 valence electrons. The summed E-state index contributed by atoms with van der Waals surface area (Å²) < 4.78 is 0. The summed E-state index contributed by atoms with van der Waals surface area (Å²) in [5, 5.41) is 7.16. The van der Waals surface area contributed by atoms with Crippen LogP contribution in [0.1, 0.15) is 36.4 Å². The van der Waals surface area contributed by atoms with Crippen molar-refractivity contribution in [1.29, 1.82) is 0 Å². The first-order valence-electron chi connectivity index (χ1n) is 8.56. The van der Waals surface area contributed by atoms with E-state index in [1.54, 1.807) is 0 Å². The highest BCUT2D eigenvalue weighted by atomic mass is 35.5. The van der Waals surface area contributed by atoms with Crippen LogP contribution >= 0.6 is 12.4 Å². The summed E-state index contributed by atoms with van der Waals surface area (Å²) in [6.45, 7) is 2.03. The van der Waals surface area contributed by atoms with Gasteiger partial charge in [0, 0.05) is 20.6 Å². The Kier molecular flexibility index (Phi) is 7.25. The Bertz CT molecular complexity index is 588. The average Bonchev–Trinajstić information content (AvgIpc) is 2.61. The summed E-state index contributed by atoms with van der Waals surface area (Å²) in [5.41, 5.74) is 2.77. The van der Waals surface area contributed by atoms with E-state index in [1.807, 2.05) is 0 Å². The lowest BCUT2D eigenvalue weighted by Crippen LogP contribution is -2.52. The molecule has 0 amide bonds. The van der Waals surface area contributed by atoms with E-state index in [0.29, 0.717) is 6.04 Å². The van der Waals surface area contributed by atoms with Crippen LogP contribution in [0.4, 0.5) is 0 Å². The quantitative estimate of drug-likeness (QED) is 0.737. The first kappa shape index (κ1) is 18.9. The molecule has 3 nitrogen and oxygen atoms in total. The van der Waals surface area contributed by atoms with Gasteiger partial charge in [-0.25, -0.2) is 10.0 Å². The van der Waals surface area contributed by atoms with Crippen LogP contribution in [0.15, 0.2) is 60.7 Å². The van der Waals surface area contributed by atoms with Crippen LogP contribution in [0.3, 0.4) is 0 Å². The molecular formula is C20H28ClN3. The van der Waals surface area contributed by atoms with Crippen molar-refractivity contribution in [2.45, 2.75) is 31.8 Å². The summed E-state index contributed by atoms with van der Waals surface area (Å²) in [6, 6.07) is 22.1. The Morgan fingerprint density at radius 1 is 0.917 bits per heavy atom. The molecule has 0 radical (unpaired) electrons. The number of hydrogen-bond donors (Lipinski definition) is 0. The molecule has 4 heteroatoms. The van der Waals surface area contributed by atoms with E-state index in [0.717, 1.165) is 13.1 Å². The second-order valence-electron chi connectivity index (χ2n) is 6.45. The van der Waals surface area contributed by atoms with Gasteiger partial charge in [-0.1, -0.05) is 67.1 Å². The number of halogens is 1. The van der Waals surface area contributed by atoms with Gasteiger partial charge in [-0.05, 0) is 24.0 Å². The summed E-state index contributed by atoms with van der Waals surface area (Å²) >= 11 is 0. The Balaban J connectivity index is 0.00000208. The lowest BCUT2D eigenvalue weighted by atomic mass is 9.97. The molecule has 1 aliphatic rings. The van der Waals surface area contributed by atoms with Crippen LogP contribution in [-0.4, -0.2) is 35.8 Å². The molecule has 1 atom stereocenters. The van der Waals surface area contributed by atoms with E-state index in [1.165, 1.54) is 30.4 Å². The first-order chi connectivity index (χ1) is 11.3. The molecule has 1 saturated heterocycles. The number of hydrazine groups is 2. The molecule has 24 heavy (non-hydrogen) atoms. The van der Waals surface area contributed by atoms with Gasteiger partial charge in [-0.3, -0.25) is 0 Å². The van der Waals surface area contributed by atoms with Crippen LogP contribution in [0.2, 0.25) is 0 Å². The monoisotopic (exact) mass is 345 g/mol. The van der Waals surface area contributed by atoms with Gasteiger partial charge in [-0.2, -0.15) is 5.12 Å². The van der Waals surface area contributed by atoms with Gasteiger partial charge in [0.05, 0.1) is 12.6 Å². The van der Waals surface area contributed by atoms with Crippen LogP contribution in [0, 0.1) is 0 Å². The predicted octanol–water partition coefficient (Wildman–Crippen LogP) is 4.53. The van der Waals surface area contributed by atoms with E-state index in [9.17, 15) is 0 Å². The molecule has 0 aromatic heterocycles. The minimum absolute atomic E-state index is 0. The van der Waals surface area contributed by atoms with E-state index < -0.39 is 0 Å². The molecule has 0 spiro atoms. The van der Waals surface area contributed by atoms with Gasteiger partial charge in [0.2, 0.25) is 0 Å². The van der Waals surface area contributed by atoms with Crippen molar-refractivity contribution < 1.29 is 0 Å². The summed E-state index contributed by atoms with van der Waals surface area (Å²) in [7, 11) is 4.28.